The summed E-state index contributed by atoms with van der Waals surface area (Å²) in [5.41, 5.74) is 8.96. The summed E-state index contributed by atoms with van der Waals surface area (Å²) >= 11 is 1.71. The highest BCUT2D eigenvalue weighted by atomic mass is 32.1. The van der Waals surface area contributed by atoms with Crippen molar-refractivity contribution in [1.82, 2.24) is 9.97 Å². The van der Waals surface area contributed by atoms with E-state index in [1.54, 1.807) is 17.7 Å². The Hall–Kier alpha value is -2.14. The van der Waals surface area contributed by atoms with Gasteiger partial charge in [-0.05, 0) is 37.1 Å². The zero-order valence-corrected chi connectivity index (χ0v) is 12.3. The van der Waals surface area contributed by atoms with Crippen molar-refractivity contribution in [1.29, 1.82) is 0 Å². The minimum absolute atomic E-state index is 0.700. The second-order valence-electron chi connectivity index (χ2n) is 4.78. The number of aromatic nitrogens is 2. The fourth-order valence-electron chi connectivity index (χ4n) is 2.21. The zero-order valence-electron chi connectivity index (χ0n) is 11.5. The van der Waals surface area contributed by atoms with Crippen LogP contribution in [0.2, 0.25) is 0 Å². The molecule has 2 heterocycles. The first-order valence-corrected chi connectivity index (χ1v) is 7.26. The van der Waals surface area contributed by atoms with E-state index in [0.29, 0.717) is 6.54 Å². The quantitative estimate of drug-likeness (QED) is 0.722. The Morgan fingerprint density at radius 3 is 2.90 bits per heavy atom. The number of nitrogen functional groups attached to an aromatic ring is 1. The average Bonchev–Trinajstić information content (AvgIpc) is 2.73. The number of aryl methyl sites for hydroxylation is 2. The molecule has 3 rings (SSSR count). The topological polar surface area (TPSA) is 63.8 Å². The van der Waals surface area contributed by atoms with E-state index in [-0.39, 0.29) is 0 Å². The van der Waals surface area contributed by atoms with Gasteiger partial charge in [-0.3, -0.25) is 0 Å². The maximum Gasteiger partial charge on any atom is 0.138 e. The molecule has 0 amide bonds. The maximum atomic E-state index is 5.79. The molecule has 0 aliphatic carbocycles. The van der Waals surface area contributed by atoms with Crippen molar-refractivity contribution in [3.05, 3.63) is 46.6 Å². The number of fused-ring (bicyclic) bond motifs is 1. The van der Waals surface area contributed by atoms with Gasteiger partial charge < -0.3 is 11.1 Å². The van der Waals surface area contributed by atoms with Gasteiger partial charge in [0.15, 0.2) is 0 Å². The minimum Gasteiger partial charge on any atom is -0.399 e. The number of thiophene rings is 1. The lowest BCUT2D eigenvalue weighted by molar-refractivity contribution is 1.10. The molecule has 102 valence electrons. The smallest absolute Gasteiger partial charge is 0.138 e. The monoisotopic (exact) mass is 284 g/mol. The molecule has 0 radical (unpaired) electrons. The van der Waals surface area contributed by atoms with Crippen molar-refractivity contribution >= 4 is 33.1 Å². The van der Waals surface area contributed by atoms with Crippen LogP contribution in [0.1, 0.15) is 16.0 Å². The van der Waals surface area contributed by atoms with Gasteiger partial charge in [-0.15, -0.1) is 11.3 Å². The van der Waals surface area contributed by atoms with E-state index in [9.17, 15) is 0 Å². The number of benzene rings is 1. The van der Waals surface area contributed by atoms with Crippen LogP contribution in [0.5, 0.6) is 0 Å². The summed E-state index contributed by atoms with van der Waals surface area (Å²) in [5.74, 6) is 0.888. The summed E-state index contributed by atoms with van der Waals surface area (Å²) in [6, 6.07) is 7.87. The third-order valence-corrected chi connectivity index (χ3v) is 4.49. The molecule has 0 aliphatic heterocycles. The summed E-state index contributed by atoms with van der Waals surface area (Å²) in [6.07, 6.45) is 1.61. The van der Waals surface area contributed by atoms with Crippen LogP contribution in [0.4, 0.5) is 11.5 Å². The predicted molar refractivity (Wildman–Crippen MR) is 85.1 cm³/mol. The Balaban J connectivity index is 1.91. The van der Waals surface area contributed by atoms with Gasteiger partial charge in [-0.25, -0.2) is 9.97 Å². The van der Waals surface area contributed by atoms with Crippen LogP contribution >= 0.6 is 11.3 Å². The average molecular weight is 284 g/mol. The van der Waals surface area contributed by atoms with Crippen LogP contribution in [0.3, 0.4) is 0 Å². The van der Waals surface area contributed by atoms with Gasteiger partial charge in [0, 0.05) is 17.1 Å². The zero-order chi connectivity index (χ0) is 14.1. The molecule has 4 nitrogen and oxygen atoms in total. The van der Waals surface area contributed by atoms with Crippen LogP contribution < -0.4 is 11.1 Å². The van der Waals surface area contributed by atoms with Gasteiger partial charge in [0.1, 0.15) is 17.0 Å². The molecule has 0 saturated heterocycles. The Morgan fingerprint density at radius 1 is 1.25 bits per heavy atom. The molecule has 0 aliphatic rings. The van der Waals surface area contributed by atoms with Crippen LogP contribution in [0, 0.1) is 13.8 Å². The number of nitrogens with two attached hydrogens (primary N) is 1. The first-order valence-electron chi connectivity index (χ1n) is 6.44. The van der Waals surface area contributed by atoms with Crippen molar-refractivity contribution in [2.24, 2.45) is 0 Å². The molecule has 0 unspecified atom stereocenters. The molecule has 0 atom stereocenters. The summed E-state index contributed by atoms with van der Waals surface area (Å²) in [6.45, 7) is 4.93. The largest absolute Gasteiger partial charge is 0.399 e. The molecule has 0 fully saturated rings. The van der Waals surface area contributed by atoms with Crippen LogP contribution in [0.15, 0.2) is 30.6 Å². The highest BCUT2D eigenvalue weighted by Gasteiger charge is 2.11. The molecule has 0 spiro atoms. The van der Waals surface area contributed by atoms with Crippen molar-refractivity contribution in [3.8, 4) is 0 Å². The molecule has 3 N–H and O–H groups in total. The normalized spacial score (nSPS) is 10.9. The number of hydrogen-bond acceptors (Lipinski definition) is 5. The molecule has 0 saturated carbocycles. The van der Waals surface area contributed by atoms with Gasteiger partial charge >= 0.3 is 0 Å². The molecule has 2 aromatic heterocycles. The third-order valence-electron chi connectivity index (χ3n) is 3.38. The van der Waals surface area contributed by atoms with Crippen LogP contribution in [0.25, 0.3) is 10.2 Å². The number of hydrogen-bond donors (Lipinski definition) is 2. The molecular weight excluding hydrogens is 268 g/mol. The van der Waals surface area contributed by atoms with Gasteiger partial charge in [-0.2, -0.15) is 0 Å². The van der Waals surface area contributed by atoms with Gasteiger partial charge in [0.25, 0.3) is 0 Å². The second kappa shape index (κ2) is 5.09. The third kappa shape index (κ3) is 2.32. The molecule has 20 heavy (non-hydrogen) atoms. The van der Waals surface area contributed by atoms with Crippen LogP contribution in [-0.4, -0.2) is 9.97 Å². The summed E-state index contributed by atoms with van der Waals surface area (Å²) < 4.78 is 0. The van der Waals surface area contributed by atoms with E-state index in [0.717, 1.165) is 27.3 Å². The van der Waals surface area contributed by atoms with E-state index in [1.165, 1.54) is 10.4 Å². The number of nitrogens with zero attached hydrogens (tertiary/aromatic N) is 2. The van der Waals surface area contributed by atoms with Crippen molar-refractivity contribution in [2.45, 2.75) is 20.4 Å². The molecule has 1 aromatic carbocycles. The minimum atomic E-state index is 0.700. The van der Waals surface area contributed by atoms with Gasteiger partial charge in [0.05, 0.1) is 5.39 Å². The molecular formula is C15H16N4S. The second-order valence-corrected chi connectivity index (χ2v) is 5.99. The molecule has 5 heteroatoms. The predicted octanol–water partition coefficient (Wildman–Crippen LogP) is 3.50. The fourth-order valence-corrected chi connectivity index (χ4v) is 3.20. The number of nitrogens with one attached hydrogen (secondary N) is 1. The summed E-state index contributed by atoms with van der Waals surface area (Å²) in [5, 5.41) is 4.51. The van der Waals surface area contributed by atoms with E-state index >= 15 is 0 Å². The number of rotatable bonds is 3. The van der Waals surface area contributed by atoms with Crippen LogP contribution in [-0.2, 0) is 6.54 Å². The standard InChI is InChI=1S/C15H16N4S/c1-9-10(2)20-15-13(9)14(18-8-19-15)17-7-11-4-3-5-12(16)6-11/h3-6,8H,7,16H2,1-2H3,(H,17,18,19). The summed E-state index contributed by atoms with van der Waals surface area (Å²) in [7, 11) is 0. The lowest BCUT2D eigenvalue weighted by Gasteiger charge is -2.08. The van der Waals surface area contributed by atoms with Crippen molar-refractivity contribution < 1.29 is 0 Å². The lowest BCUT2D eigenvalue weighted by Crippen LogP contribution is -2.02. The Morgan fingerprint density at radius 2 is 2.10 bits per heavy atom. The fraction of sp³-hybridized carbons (Fsp3) is 0.200. The maximum absolute atomic E-state index is 5.79. The van der Waals surface area contributed by atoms with E-state index in [2.05, 4.69) is 29.1 Å². The van der Waals surface area contributed by atoms with E-state index < -0.39 is 0 Å². The van der Waals surface area contributed by atoms with E-state index in [1.807, 2.05) is 24.3 Å². The van der Waals surface area contributed by atoms with Crippen molar-refractivity contribution in [3.63, 3.8) is 0 Å². The Labute approximate surface area is 121 Å². The first kappa shape index (κ1) is 12.9. The molecule has 0 bridgehead atoms. The highest BCUT2D eigenvalue weighted by Crippen LogP contribution is 2.32. The Kier molecular flexibility index (Phi) is 3.28. The number of anilines is 2. The highest BCUT2D eigenvalue weighted by molar-refractivity contribution is 7.18. The lowest BCUT2D eigenvalue weighted by atomic mass is 10.2. The SMILES string of the molecule is Cc1sc2ncnc(NCc3cccc(N)c3)c2c1C. The first-order chi connectivity index (χ1) is 9.65. The van der Waals surface area contributed by atoms with Gasteiger partial charge in [0.2, 0.25) is 0 Å². The summed E-state index contributed by atoms with van der Waals surface area (Å²) in [4.78, 5) is 11.0. The van der Waals surface area contributed by atoms with Crippen molar-refractivity contribution in [2.75, 3.05) is 11.1 Å². The van der Waals surface area contributed by atoms with Gasteiger partial charge in [-0.1, -0.05) is 12.1 Å². The molecule has 3 aromatic rings. The van der Waals surface area contributed by atoms with E-state index in [4.69, 9.17) is 5.73 Å². The Bertz CT molecular complexity index is 764.